The predicted molar refractivity (Wildman–Crippen MR) is 94.0 cm³/mol. The van der Waals surface area contributed by atoms with Gasteiger partial charge in [0.25, 0.3) is 5.56 Å². The number of ether oxygens (including phenoxy) is 2. The molecule has 0 N–H and O–H groups in total. The molecule has 1 saturated heterocycles. The molecule has 1 aromatic heterocycles. The summed E-state index contributed by atoms with van der Waals surface area (Å²) in [6.45, 7) is 5.33. The number of carbonyl (C=O) groups is 1. The lowest BCUT2D eigenvalue weighted by Gasteiger charge is -2.26. The van der Waals surface area contributed by atoms with Crippen LogP contribution in [0.2, 0.25) is 0 Å². The van der Waals surface area contributed by atoms with Gasteiger partial charge in [-0.25, -0.2) is 9.18 Å². The highest BCUT2D eigenvalue weighted by atomic mass is 19.1. The Morgan fingerprint density at radius 1 is 1.23 bits per heavy atom. The molecular formula is C19H21FN2O4. The maximum Gasteiger partial charge on any atom is 0.343 e. The quantitative estimate of drug-likeness (QED) is 0.763. The van der Waals surface area contributed by atoms with Gasteiger partial charge in [-0.15, -0.1) is 0 Å². The lowest BCUT2D eigenvalue weighted by Crippen LogP contribution is -2.36. The van der Waals surface area contributed by atoms with E-state index in [0.717, 1.165) is 18.7 Å². The van der Waals surface area contributed by atoms with Crippen LogP contribution >= 0.6 is 0 Å². The number of aromatic nitrogens is 1. The van der Waals surface area contributed by atoms with Gasteiger partial charge in [-0.2, -0.15) is 0 Å². The first kappa shape index (κ1) is 18.3. The van der Waals surface area contributed by atoms with Crippen molar-refractivity contribution in [2.24, 2.45) is 0 Å². The SMILES string of the molecule is CCOC(=O)c1cc(CN2CCOCC2)cn(-c2ccc(F)cc2)c1=O. The number of hydrogen-bond acceptors (Lipinski definition) is 5. The van der Waals surface area contributed by atoms with Crippen LogP contribution in [0.1, 0.15) is 22.8 Å². The van der Waals surface area contributed by atoms with Gasteiger partial charge in [0.05, 0.1) is 19.8 Å². The maximum atomic E-state index is 13.2. The Morgan fingerprint density at radius 2 is 1.92 bits per heavy atom. The lowest BCUT2D eigenvalue weighted by atomic mass is 10.1. The summed E-state index contributed by atoms with van der Waals surface area (Å²) >= 11 is 0. The van der Waals surface area contributed by atoms with Gasteiger partial charge < -0.3 is 9.47 Å². The summed E-state index contributed by atoms with van der Waals surface area (Å²) in [5, 5.41) is 0. The van der Waals surface area contributed by atoms with Crippen LogP contribution in [0.5, 0.6) is 0 Å². The molecule has 6 nitrogen and oxygen atoms in total. The van der Waals surface area contributed by atoms with Crippen LogP contribution in [-0.4, -0.2) is 48.3 Å². The van der Waals surface area contributed by atoms with Gasteiger partial charge in [-0.05, 0) is 42.8 Å². The third-order valence-corrected chi connectivity index (χ3v) is 4.18. The molecule has 3 rings (SSSR count). The molecule has 0 saturated carbocycles. The third kappa shape index (κ3) is 4.17. The average molecular weight is 360 g/mol. The average Bonchev–Trinajstić information content (AvgIpc) is 2.65. The topological polar surface area (TPSA) is 60.8 Å². The van der Waals surface area contributed by atoms with Crippen LogP contribution < -0.4 is 5.56 Å². The lowest BCUT2D eigenvalue weighted by molar-refractivity contribution is 0.0340. The number of benzene rings is 1. The van der Waals surface area contributed by atoms with Gasteiger partial charge >= 0.3 is 5.97 Å². The van der Waals surface area contributed by atoms with Crippen molar-refractivity contribution in [3.05, 3.63) is 63.8 Å². The smallest absolute Gasteiger partial charge is 0.343 e. The molecule has 2 aromatic rings. The van der Waals surface area contributed by atoms with Crippen LogP contribution in [0.3, 0.4) is 0 Å². The van der Waals surface area contributed by atoms with E-state index in [4.69, 9.17) is 9.47 Å². The molecule has 0 radical (unpaired) electrons. The highest BCUT2D eigenvalue weighted by Gasteiger charge is 2.18. The number of morpholine rings is 1. The molecule has 1 fully saturated rings. The summed E-state index contributed by atoms with van der Waals surface area (Å²) in [5.74, 6) is -1.05. The second-order valence-electron chi connectivity index (χ2n) is 6.02. The fourth-order valence-electron chi connectivity index (χ4n) is 2.89. The van der Waals surface area contributed by atoms with Crippen molar-refractivity contribution in [1.82, 2.24) is 9.47 Å². The highest BCUT2D eigenvalue weighted by molar-refractivity contribution is 5.89. The summed E-state index contributed by atoms with van der Waals surface area (Å²) in [5.41, 5.74) is 0.785. The van der Waals surface area contributed by atoms with Crippen LogP contribution in [0, 0.1) is 5.82 Å². The minimum atomic E-state index is -0.655. The number of rotatable bonds is 5. The Labute approximate surface area is 150 Å². The Hall–Kier alpha value is -2.51. The number of carbonyl (C=O) groups excluding carboxylic acids is 1. The molecule has 2 heterocycles. The zero-order valence-electron chi connectivity index (χ0n) is 14.6. The summed E-state index contributed by atoms with van der Waals surface area (Å²) in [7, 11) is 0. The van der Waals surface area contributed by atoms with Crippen molar-refractivity contribution in [2.45, 2.75) is 13.5 Å². The molecule has 1 aromatic carbocycles. The Balaban J connectivity index is 2.02. The zero-order chi connectivity index (χ0) is 18.5. The van der Waals surface area contributed by atoms with Crippen LogP contribution in [0.4, 0.5) is 4.39 Å². The molecule has 0 amide bonds. The summed E-state index contributed by atoms with van der Waals surface area (Å²) in [6.07, 6.45) is 1.69. The number of pyridine rings is 1. The zero-order valence-corrected chi connectivity index (χ0v) is 14.6. The van der Waals surface area contributed by atoms with E-state index in [1.54, 1.807) is 19.2 Å². The first-order valence-electron chi connectivity index (χ1n) is 8.57. The van der Waals surface area contributed by atoms with Crippen LogP contribution in [0.25, 0.3) is 5.69 Å². The van der Waals surface area contributed by atoms with Crippen molar-refractivity contribution >= 4 is 5.97 Å². The molecule has 1 aliphatic rings. The molecule has 0 bridgehead atoms. The van der Waals surface area contributed by atoms with E-state index in [-0.39, 0.29) is 12.2 Å². The number of nitrogens with zero attached hydrogens (tertiary/aromatic N) is 2. The maximum absolute atomic E-state index is 13.2. The summed E-state index contributed by atoms with van der Waals surface area (Å²) in [4.78, 5) is 27.2. The first-order valence-corrected chi connectivity index (χ1v) is 8.57. The van der Waals surface area contributed by atoms with Crippen LogP contribution in [0.15, 0.2) is 41.3 Å². The third-order valence-electron chi connectivity index (χ3n) is 4.18. The van der Waals surface area contributed by atoms with E-state index >= 15 is 0 Å². The van der Waals surface area contributed by atoms with Gasteiger partial charge in [0, 0.05) is 31.5 Å². The Kier molecular flexibility index (Phi) is 5.80. The first-order chi connectivity index (χ1) is 12.6. The van der Waals surface area contributed by atoms with Gasteiger partial charge in [0.1, 0.15) is 11.4 Å². The van der Waals surface area contributed by atoms with E-state index in [1.165, 1.54) is 28.8 Å². The number of esters is 1. The molecule has 0 spiro atoms. The molecule has 7 heteroatoms. The van der Waals surface area contributed by atoms with E-state index in [1.807, 2.05) is 0 Å². The Bertz CT molecular complexity index is 826. The number of hydrogen-bond donors (Lipinski definition) is 0. The minimum Gasteiger partial charge on any atom is -0.462 e. The molecule has 0 unspecified atom stereocenters. The van der Waals surface area contributed by atoms with Gasteiger partial charge in [-0.3, -0.25) is 14.3 Å². The van der Waals surface area contributed by atoms with Crippen molar-refractivity contribution < 1.29 is 18.7 Å². The van der Waals surface area contributed by atoms with Crippen LogP contribution in [-0.2, 0) is 16.0 Å². The van der Waals surface area contributed by atoms with Gasteiger partial charge in [0.15, 0.2) is 0 Å². The standard InChI is InChI=1S/C19H21FN2O4/c1-2-26-19(24)17-11-14(12-21-7-9-25-10-8-21)13-22(18(17)23)16-5-3-15(20)4-6-16/h3-6,11,13H,2,7-10,12H2,1H3. The van der Waals surface area contributed by atoms with Crippen molar-refractivity contribution in [3.63, 3.8) is 0 Å². The summed E-state index contributed by atoms with van der Waals surface area (Å²) < 4.78 is 24.9. The second kappa shape index (κ2) is 8.25. The highest BCUT2D eigenvalue weighted by Crippen LogP contribution is 2.13. The van der Waals surface area contributed by atoms with E-state index in [2.05, 4.69) is 4.90 Å². The Morgan fingerprint density at radius 3 is 2.58 bits per heavy atom. The van der Waals surface area contributed by atoms with Crippen molar-refractivity contribution in [3.8, 4) is 5.69 Å². The van der Waals surface area contributed by atoms with Gasteiger partial charge in [-0.1, -0.05) is 0 Å². The van der Waals surface area contributed by atoms with Crippen molar-refractivity contribution in [2.75, 3.05) is 32.9 Å². The molecule has 1 aliphatic heterocycles. The van der Waals surface area contributed by atoms with E-state index in [0.29, 0.717) is 25.4 Å². The molecular weight excluding hydrogens is 339 g/mol. The molecule has 138 valence electrons. The molecule has 0 aliphatic carbocycles. The molecule has 26 heavy (non-hydrogen) atoms. The minimum absolute atomic E-state index is 0.0260. The van der Waals surface area contributed by atoms with Gasteiger partial charge in [0.2, 0.25) is 0 Å². The van der Waals surface area contributed by atoms with Crippen molar-refractivity contribution in [1.29, 1.82) is 0 Å². The largest absolute Gasteiger partial charge is 0.462 e. The second-order valence-corrected chi connectivity index (χ2v) is 6.02. The fourth-order valence-corrected chi connectivity index (χ4v) is 2.89. The van der Waals surface area contributed by atoms with E-state index < -0.39 is 17.3 Å². The monoisotopic (exact) mass is 360 g/mol. The normalized spacial score (nSPS) is 15.0. The number of halogens is 1. The summed E-state index contributed by atoms with van der Waals surface area (Å²) in [6, 6.07) is 7.14. The molecule has 0 atom stereocenters. The fraction of sp³-hybridized carbons (Fsp3) is 0.368. The van der Waals surface area contributed by atoms with E-state index in [9.17, 15) is 14.0 Å². The predicted octanol–water partition coefficient (Wildman–Crippen LogP) is 1.99.